The van der Waals surface area contributed by atoms with Crippen LogP contribution in [-0.4, -0.2) is 54.2 Å². The van der Waals surface area contributed by atoms with Crippen LogP contribution in [0.3, 0.4) is 0 Å². The first-order valence-corrected chi connectivity index (χ1v) is 6.25. The number of aliphatic hydroxyl groups is 1. The quantitative estimate of drug-likeness (QED) is 0.470. The summed E-state index contributed by atoms with van der Waals surface area (Å²) < 4.78 is 5.41. The number of nitrogen functional groups attached to an aromatic ring is 1. The van der Waals surface area contributed by atoms with Gasteiger partial charge in [0.2, 0.25) is 11.8 Å². The number of carbonyl (C=O) groups is 2. The number of nitrogens with two attached hydrogens (primary N) is 1. The van der Waals surface area contributed by atoms with Crippen molar-refractivity contribution < 1.29 is 19.4 Å². The first-order valence-electron chi connectivity index (χ1n) is 6.25. The molecule has 1 aromatic carbocycles. The maximum atomic E-state index is 11.2. The van der Waals surface area contributed by atoms with Gasteiger partial charge in [0.1, 0.15) is 18.5 Å². The number of aliphatic hydroxyl groups excluding tert-OH is 1. The number of imide groups is 1. The van der Waals surface area contributed by atoms with Crippen LogP contribution >= 0.6 is 0 Å². The third kappa shape index (κ3) is 3.94. The zero-order valence-corrected chi connectivity index (χ0v) is 10.9. The van der Waals surface area contributed by atoms with E-state index >= 15 is 0 Å². The second kappa shape index (κ2) is 6.36. The highest BCUT2D eigenvalue weighted by Gasteiger charge is 2.24. The lowest BCUT2D eigenvalue weighted by molar-refractivity contribution is -0.136. The molecule has 1 aromatic rings. The van der Waals surface area contributed by atoms with E-state index < -0.39 is 6.10 Å². The highest BCUT2D eigenvalue weighted by atomic mass is 16.5. The number of ether oxygens (including phenoxy) is 1. The number of nitrogens with one attached hydrogen (secondary N) is 1. The number of para-hydroxylation sites is 2. The van der Waals surface area contributed by atoms with Crippen LogP contribution in [0.25, 0.3) is 0 Å². The summed E-state index contributed by atoms with van der Waals surface area (Å²) in [6.07, 6.45) is -0.812. The Kier molecular flexibility index (Phi) is 4.54. The summed E-state index contributed by atoms with van der Waals surface area (Å²) in [5, 5.41) is 12.1. The Labute approximate surface area is 116 Å². The lowest BCUT2D eigenvalue weighted by Crippen LogP contribution is -2.53. The molecule has 1 heterocycles. The van der Waals surface area contributed by atoms with Crippen molar-refractivity contribution in [1.29, 1.82) is 0 Å². The van der Waals surface area contributed by atoms with Crippen LogP contribution in [0.1, 0.15) is 0 Å². The lowest BCUT2D eigenvalue weighted by atomic mass is 10.2. The minimum absolute atomic E-state index is 0.0422. The molecule has 4 N–H and O–H groups in total. The van der Waals surface area contributed by atoms with Crippen molar-refractivity contribution in [2.75, 3.05) is 32.0 Å². The van der Waals surface area contributed by atoms with Crippen molar-refractivity contribution in [2.24, 2.45) is 0 Å². The Bertz CT molecular complexity index is 490. The third-order valence-electron chi connectivity index (χ3n) is 2.83. The van der Waals surface area contributed by atoms with Gasteiger partial charge in [-0.3, -0.25) is 19.8 Å². The molecule has 20 heavy (non-hydrogen) atoms. The van der Waals surface area contributed by atoms with Gasteiger partial charge < -0.3 is 15.6 Å². The number of hydrogen-bond donors (Lipinski definition) is 3. The Hall–Kier alpha value is -2.12. The third-order valence-corrected chi connectivity index (χ3v) is 2.83. The molecule has 108 valence electrons. The predicted octanol–water partition coefficient (Wildman–Crippen LogP) is -1.03. The van der Waals surface area contributed by atoms with Crippen LogP contribution in [0, 0.1) is 0 Å². The SMILES string of the molecule is Nc1ccccc1OCC(O)CN1CC(=O)NC(=O)C1. The molecule has 1 aliphatic rings. The number of β-amino-alcohol motifs (C(OH)–C–C–N with tert-alkyl or cyclic N) is 1. The average Bonchev–Trinajstić information content (AvgIpc) is 2.36. The number of piperazine rings is 1. The molecule has 7 heteroatoms. The van der Waals surface area contributed by atoms with E-state index in [2.05, 4.69) is 5.32 Å². The number of anilines is 1. The van der Waals surface area contributed by atoms with Gasteiger partial charge in [-0.15, -0.1) is 0 Å². The second-order valence-corrected chi connectivity index (χ2v) is 4.64. The average molecular weight is 279 g/mol. The molecule has 2 amide bonds. The second-order valence-electron chi connectivity index (χ2n) is 4.64. The number of amides is 2. The van der Waals surface area contributed by atoms with E-state index in [0.717, 1.165) is 0 Å². The fraction of sp³-hybridized carbons (Fsp3) is 0.385. The van der Waals surface area contributed by atoms with E-state index in [9.17, 15) is 14.7 Å². The van der Waals surface area contributed by atoms with Crippen LogP contribution in [-0.2, 0) is 9.59 Å². The molecule has 1 fully saturated rings. The van der Waals surface area contributed by atoms with Crippen LogP contribution in [0.4, 0.5) is 5.69 Å². The summed E-state index contributed by atoms with van der Waals surface area (Å²) in [7, 11) is 0. The fourth-order valence-electron chi connectivity index (χ4n) is 1.97. The molecule has 1 unspecified atom stereocenters. The van der Waals surface area contributed by atoms with Crippen molar-refractivity contribution in [1.82, 2.24) is 10.2 Å². The fourth-order valence-corrected chi connectivity index (χ4v) is 1.97. The van der Waals surface area contributed by atoms with E-state index in [4.69, 9.17) is 10.5 Å². The Balaban J connectivity index is 1.81. The Morgan fingerprint density at radius 1 is 1.30 bits per heavy atom. The maximum Gasteiger partial charge on any atom is 0.240 e. The van der Waals surface area contributed by atoms with Gasteiger partial charge in [0.15, 0.2) is 0 Å². The molecular formula is C13H17N3O4. The summed E-state index contributed by atoms with van der Waals surface area (Å²) in [5.74, 6) is -0.220. The van der Waals surface area contributed by atoms with E-state index in [0.29, 0.717) is 11.4 Å². The predicted molar refractivity (Wildman–Crippen MR) is 71.9 cm³/mol. The normalized spacial score (nSPS) is 17.6. The zero-order chi connectivity index (χ0) is 14.5. The van der Waals surface area contributed by atoms with E-state index in [1.165, 1.54) is 0 Å². The minimum atomic E-state index is -0.812. The summed E-state index contributed by atoms with van der Waals surface area (Å²) >= 11 is 0. The summed E-state index contributed by atoms with van der Waals surface area (Å²) in [4.78, 5) is 23.9. The number of benzene rings is 1. The van der Waals surface area contributed by atoms with Crippen LogP contribution in [0.2, 0.25) is 0 Å². The zero-order valence-electron chi connectivity index (χ0n) is 10.9. The Morgan fingerprint density at radius 2 is 1.95 bits per heavy atom. The van der Waals surface area contributed by atoms with Gasteiger partial charge in [0.25, 0.3) is 0 Å². The monoisotopic (exact) mass is 279 g/mol. The molecule has 0 spiro atoms. The number of carbonyl (C=O) groups excluding carboxylic acids is 2. The molecule has 7 nitrogen and oxygen atoms in total. The minimum Gasteiger partial charge on any atom is -0.489 e. The molecule has 0 radical (unpaired) electrons. The first kappa shape index (κ1) is 14.3. The van der Waals surface area contributed by atoms with Crippen molar-refractivity contribution in [3.05, 3.63) is 24.3 Å². The van der Waals surface area contributed by atoms with Crippen molar-refractivity contribution >= 4 is 17.5 Å². The highest BCUT2D eigenvalue weighted by molar-refractivity contribution is 5.99. The van der Waals surface area contributed by atoms with Gasteiger partial charge in [-0.2, -0.15) is 0 Å². The van der Waals surface area contributed by atoms with Crippen LogP contribution in [0.5, 0.6) is 5.75 Å². The highest BCUT2D eigenvalue weighted by Crippen LogP contribution is 2.19. The molecule has 2 rings (SSSR count). The molecule has 0 bridgehead atoms. The van der Waals surface area contributed by atoms with E-state index in [1.54, 1.807) is 29.2 Å². The number of hydrogen-bond acceptors (Lipinski definition) is 6. The van der Waals surface area contributed by atoms with E-state index in [-0.39, 0.29) is 38.1 Å². The molecule has 1 atom stereocenters. The smallest absolute Gasteiger partial charge is 0.240 e. The number of rotatable bonds is 5. The molecular weight excluding hydrogens is 262 g/mol. The van der Waals surface area contributed by atoms with Gasteiger partial charge in [0, 0.05) is 6.54 Å². The van der Waals surface area contributed by atoms with Gasteiger partial charge in [-0.1, -0.05) is 12.1 Å². The standard InChI is InChI=1S/C13H17N3O4/c14-10-3-1-2-4-11(10)20-8-9(17)5-16-6-12(18)15-13(19)7-16/h1-4,9,17H,5-8,14H2,(H,15,18,19). The topological polar surface area (TPSA) is 105 Å². The van der Waals surface area contributed by atoms with Crippen molar-refractivity contribution in [3.8, 4) is 5.75 Å². The number of nitrogens with zero attached hydrogens (tertiary/aromatic N) is 1. The molecule has 1 aliphatic heterocycles. The van der Waals surface area contributed by atoms with Crippen LogP contribution in [0.15, 0.2) is 24.3 Å². The summed E-state index contributed by atoms with van der Waals surface area (Å²) in [6.45, 7) is 0.416. The van der Waals surface area contributed by atoms with Gasteiger partial charge in [-0.25, -0.2) is 0 Å². The molecule has 1 saturated heterocycles. The van der Waals surface area contributed by atoms with Crippen molar-refractivity contribution in [3.63, 3.8) is 0 Å². The van der Waals surface area contributed by atoms with Crippen molar-refractivity contribution in [2.45, 2.75) is 6.10 Å². The molecule has 0 aromatic heterocycles. The summed E-state index contributed by atoms with van der Waals surface area (Å²) in [6, 6.07) is 6.98. The molecule has 0 aliphatic carbocycles. The Morgan fingerprint density at radius 3 is 2.60 bits per heavy atom. The maximum absolute atomic E-state index is 11.2. The van der Waals surface area contributed by atoms with E-state index in [1.807, 2.05) is 0 Å². The molecule has 0 saturated carbocycles. The van der Waals surface area contributed by atoms with Gasteiger partial charge >= 0.3 is 0 Å². The van der Waals surface area contributed by atoms with Crippen LogP contribution < -0.4 is 15.8 Å². The summed E-state index contributed by atoms with van der Waals surface area (Å²) in [5.41, 5.74) is 6.21. The first-order chi connectivity index (χ1) is 9.54. The van der Waals surface area contributed by atoms with Gasteiger partial charge in [-0.05, 0) is 12.1 Å². The van der Waals surface area contributed by atoms with Gasteiger partial charge in [0.05, 0.1) is 18.8 Å². The lowest BCUT2D eigenvalue weighted by Gasteiger charge is -2.27. The largest absolute Gasteiger partial charge is 0.489 e.